The van der Waals surface area contributed by atoms with Gasteiger partial charge in [0.25, 0.3) is 0 Å². The number of H-pyrrole nitrogens is 1. The Morgan fingerprint density at radius 1 is 1.58 bits per heavy atom. The molecule has 3 atom stereocenters. The average molecular weight is 266 g/mol. The lowest BCUT2D eigenvalue weighted by molar-refractivity contribution is -0.0232. The van der Waals surface area contributed by atoms with Crippen LogP contribution in [0, 0.1) is 6.92 Å². The van der Waals surface area contributed by atoms with Crippen molar-refractivity contribution >= 4 is 11.1 Å². The molecule has 1 aliphatic rings. The summed E-state index contributed by atoms with van der Waals surface area (Å²) >= 11 is 0. The molecule has 1 unspecified atom stereocenters. The molecule has 0 radical (unpaired) electrons. The molecule has 19 heavy (non-hydrogen) atoms. The summed E-state index contributed by atoms with van der Waals surface area (Å²) in [5, 5.41) is 19.5. The van der Waals surface area contributed by atoms with E-state index in [2.05, 4.69) is 9.97 Å². The number of aromatic amines is 1. The zero-order valence-corrected chi connectivity index (χ0v) is 10.3. The predicted octanol–water partition coefficient (Wildman–Crippen LogP) is 0.00772. The van der Waals surface area contributed by atoms with Crippen molar-refractivity contribution in [3.8, 4) is 0 Å². The molecule has 3 rings (SSSR count). The largest absolute Gasteiger partial charge is 0.443 e. The third kappa shape index (κ3) is 2.05. The Morgan fingerprint density at radius 2 is 2.37 bits per heavy atom. The number of nitrogens with zero attached hydrogens (tertiary/aromatic N) is 1. The molecule has 1 saturated heterocycles. The zero-order chi connectivity index (χ0) is 13.6. The second kappa shape index (κ2) is 4.44. The van der Waals surface area contributed by atoms with E-state index in [1.54, 1.807) is 13.0 Å². The second-order valence-corrected chi connectivity index (χ2v) is 4.68. The van der Waals surface area contributed by atoms with Crippen LogP contribution in [0.1, 0.15) is 24.0 Å². The highest BCUT2D eigenvalue weighted by Crippen LogP contribution is 2.35. The van der Waals surface area contributed by atoms with Crippen LogP contribution in [0.5, 0.6) is 0 Å². The van der Waals surface area contributed by atoms with Crippen LogP contribution in [0.4, 0.5) is 0 Å². The number of hydrogen-bond acceptors (Lipinski definition) is 6. The molecule has 3 heterocycles. The van der Waals surface area contributed by atoms with E-state index in [0.29, 0.717) is 23.3 Å². The minimum atomic E-state index is -0.755. The van der Waals surface area contributed by atoms with Crippen LogP contribution >= 0.6 is 0 Å². The third-order valence-corrected chi connectivity index (χ3v) is 3.30. The van der Waals surface area contributed by atoms with Crippen LogP contribution in [-0.4, -0.2) is 39.0 Å². The number of furan rings is 1. The molecular weight excluding hydrogens is 252 g/mol. The highest BCUT2D eigenvalue weighted by Gasteiger charge is 2.36. The highest BCUT2D eigenvalue weighted by atomic mass is 16.5. The lowest BCUT2D eigenvalue weighted by atomic mass is 10.1. The molecule has 102 valence electrons. The topological polar surface area (TPSA) is 109 Å². The summed E-state index contributed by atoms with van der Waals surface area (Å²) in [5.74, 6) is 0.639. The molecule has 0 aliphatic carbocycles. The van der Waals surface area contributed by atoms with Crippen molar-refractivity contribution in [3.05, 3.63) is 28.0 Å². The number of hydrogen-bond donors (Lipinski definition) is 3. The van der Waals surface area contributed by atoms with Crippen molar-refractivity contribution in [1.82, 2.24) is 9.97 Å². The van der Waals surface area contributed by atoms with Crippen molar-refractivity contribution in [2.24, 2.45) is 0 Å². The molecular formula is C12H14N2O5. The normalized spacial score (nSPS) is 27.2. The Balaban J connectivity index is 2.07. The number of fused-ring (bicyclic) bond motifs is 1. The van der Waals surface area contributed by atoms with Gasteiger partial charge in [-0.3, -0.25) is 0 Å². The van der Waals surface area contributed by atoms with Crippen LogP contribution in [0.2, 0.25) is 0 Å². The highest BCUT2D eigenvalue weighted by molar-refractivity contribution is 5.77. The molecule has 2 aromatic heterocycles. The molecule has 0 saturated carbocycles. The van der Waals surface area contributed by atoms with E-state index in [9.17, 15) is 9.90 Å². The maximum Gasteiger partial charge on any atom is 0.348 e. The summed E-state index contributed by atoms with van der Waals surface area (Å²) in [4.78, 5) is 17.9. The predicted molar refractivity (Wildman–Crippen MR) is 64.7 cm³/mol. The summed E-state index contributed by atoms with van der Waals surface area (Å²) in [6.45, 7) is 1.50. The minimum absolute atomic E-state index is 0.252. The molecule has 7 nitrogen and oxygen atoms in total. The number of aliphatic hydroxyl groups excluding tert-OH is 2. The smallest absolute Gasteiger partial charge is 0.348 e. The van der Waals surface area contributed by atoms with Gasteiger partial charge >= 0.3 is 5.69 Å². The molecule has 0 spiro atoms. The van der Waals surface area contributed by atoms with E-state index >= 15 is 0 Å². The summed E-state index contributed by atoms with van der Waals surface area (Å²) < 4.78 is 10.9. The Kier molecular flexibility index (Phi) is 2.89. The van der Waals surface area contributed by atoms with E-state index in [1.165, 1.54) is 0 Å². The Hall–Kier alpha value is -1.70. The Morgan fingerprint density at radius 3 is 3.05 bits per heavy atom. The fourth-order valence-corrected chi connectivity index (χ4v) is 2.41. The van der Waals surface area contributed by atoms with Gasteiger partial charge in [0.15, 0.2) is 0 Å². The molecule has 0 aromatic carbocycles. The number of aromatic nitrogens is 2. The Labute approximate surface area is 107 Å². The summed E-state index contributed by atoms with van der Waals surface area (Å²) in [6.07, 6.45) is -1.56. The summed E-state index contributed by atoms with van der Waals surface area (Å²) in [7, 11) is 0. The van der Waals surface area contributed by atoms with E-state index in [-0.39, 0.29) is 12.3 Å². The molecule has 7 heteroatoms. The standard InChI is InChI=1S/C12H14N2O5/c1-5-2-6-10(13-12(17)14-11(6)18-5)8-3-7(16)9(4-15)19-8/h2,7-9,15-16H,3-4H2,1H3,(H,13,14,17)/t7-,8?,9-/m1/s1. The second-order valence-electron chi connectivity index (χ2n) is 4.68. The average Bonchev–Trinajstić information content (AvgIpc) is 2.90. The number of aliphatic hydroxyl groups is 2. The number of ether oxygens (including phenoxy) is 1. The Bertz CT molecular complexity index is 662. The summed E-state index contributed by atoms with van der Waals surface area (Å²) in [5.41, 5.74) is 0.256. The van der Waals surface area contributed by atoms with Crippen molar-refractivity contribution < 1.29 is 19.4 Å². The van der Waals surface area contributed by atoms with Crippen molar-refractivity contribution in [2.45, 2.75) is 31.7 Å². The lowest BCUT2D eigenvalue weighted by Gasteiger charge is -2.12. The van der Waals surface area contributed by atoms with Crippen LogP contribution in [0.25, 0.3) is 11.1 Å². The van der Waals surface area contributed by atoms with Crippen LogP contribution in [0.3, 0.4) is 0 Å². The first-order chi connectivity index (χ1) is 9.08. The molecule has 0 amide bonds. The van der Waals surface area contributed by atoms with Gasteiger partial charge in [0.05, 0.1) is 23.8 Å². The van der Waals surface area contributed by atoms with Gasteiger partial charge in [-0.2, -0.15) is 4.98 Å². The van der Waals surface area contributed by atoms with Gasteiger partial charge in [-0.1, -0.05) is 0 Å². The van der Waals surface area contributed by atoms with Crippen LogP contribution in [0.15, 0.2) is 15.3 Å². The van der Waals surface area contributed by atoms with E-state index in [1.807, 2.05) is 0 Å². The first-order valence-corrected chi connectivity index (χ1v) is 6.03. The maximum atomic E-state index is 11.5. The fourth-order valence-electron chi connectivity index (χ4n) is 2.41. The van der Waals surface area contributed by atoms with E-state index < -0.39 is 24.0 Å². The van der Waals surface area contributed by atoms with Crippen molar-refractivity contribution in [3.63, 3.8) is 0 Å². The van der Waals surface area contributed by atoms with Gasteiger partial charge in [0.1, 0.15) is 18.0 Å². The van der Waals surface area contributed by atoms with Gasteiger partial charge in [0.2, 0.25) is 5.71 Å². The third-order valence-electron chi connectivity index (χ3n) is 3.30. The first-order valence-electron chi connectivity index (χ1n) is 6.03. The van der Waals surface area contributed by atoms with Crippen molar-refractivity contribution in [2.75, 3.05) is 6.61 Å². The molecule has 3 N–H and O–H groups in total. The van der Waals surface area contributed by atoms with Gasteiger partial charge in [-0.15, -0.1) is 0 Å². The van der Waals surface area contributed by atoms with Crippen molar-refractivity contribution in [1.29, 1.82) is 0 Å². The number of nitrogens with one attached hydrogen (secondary N) is 1. The monoisotopic (exact) mass is 266 g/mol. The SMILES string of the molecule is Cc1cc2c(C3C[C@@H](O)[C@@H](CO)O3)[nH]c(=O)nc2o1. The molecule has 1 fully saturated rings. The van der Waals surface area contributed by atoms with E-state index in [0.717, 1.165) is 0 Å². The lowest BCUT2D eigenvalue weighted by Crippen LogP contribution is -2.24. The van der Waals surface area contributed by atoms with Gasteiger partial charge in [-0.25, -0.2) is 4.79 Å². The molecule has 1 aliphatic heterocycles. The molecule has 2 aromatic rings. The zero-order valence-electron chi connectivity index (χ0n) is 10.3. The molecule has 0 bridgehead atoms. The van der Waals surface area contributed by atoms with Gasteiger partial charge < -0.3 is 24.4 Å². The first kappa shape index (κ1) is 12.3. The minimum Gasteiger partial charge on any atom is -0.443 e. The number of rotatable bonds is 2. The number of aryl methyl sites for hydroxylation is 1. The quantitative estimate of drug-likeness (QED) is 0.706. The van der Waals surface area contributed by atoms with Gasteiger partial charge in [-0.05, 0) is 13.0 Å². The summed E-state index contributed by atoms with van der Waals surface area (Å²) in [6, 6.07) is 1.76. The van der Waals surface area contributed by atoms with E-state index in [4.69, 9.17) is 14.3 Å². The maximum absolute atomic E-state index is 11.5. The van der Waals surface area contributed by atoms with Gasteiger partial charge in [0, 0.05) is 6.42 Å². The van der Waals surface area contributed by atoms with Crippen LogP contribution in [-0.2, 0) is 4.74 Å². The fraction of sp³-hybridized carbons (Fsp3) is 0.500. The van der Waals surface area contributed by atoms with Crippen LogP contribution < -0.4 is 5.69 Å².